The van der Waals surface area contributed by atoms with Crippen molar-refractivity contribution < 1.29 is 9.53 Å². The van der Waals surface area contributed by atoms with Gasteiger partial charge in [0, 0.05) is 32.1 Å². The number of rotatable bonds is 8. The standard InChI is InChI=1S/C13H23N3O2/c1-4-12(14-2)11-5-7-16(9-11)10-13(17)15-6-8-18-3/h5,7,9,12,14H,4,6,8,10H2,1-3H3,(H,15,17). The van der Waals surface area contributed by atoms with Crippen molar-refractivity contribution in [3.63, 3.8) is 0 Å². The lowest BCUT2D eigenvalue weighted by atomic mass is 10.1. The second-order valence-electron chi connectivity index (χ2n) is 4.21. The van der Waals surface area contributed by atoms with Gasteiger partial charge in [-0.1, -0.05) is 6.92 Å². The van der Waals surface area contributed by atoms with E-state index in [2.05, 4.69) is 17.6 Å². The van der Waals surface area contributed by atoms with Gasteiger partial charge >= 0.3 is 0 Å². The number of amides is 1. The predicted molar refractivity (Wildman–Crippen MR) is 71.4 cm³/mol. The second kappa shape index (κ2) is 7.89. The van der Waals surface area contributed by atoms with Gasteiger partial charge in [-0.25, -0.2) is 0 Å². The lowest BCUT2D eigenvalue weighted by Gasteiger charge is -2.11. The molecule has 1 aromatic heterocycles. The molecule has 1 aromatic rings. The largest absolute Gasteiger partial charge is 0.383 e. The summed E-state index contributed by atoms with van der Waals surface area (Å²) in [6.45, 7) is 3.58. The van der Waals surface area contributed by atoms with Crippen LogP contribution in [-0.2, 0) is 16.1 Å². The van der Waals surface area contributed by atoms with Crippen LogP contribution in [0.25, 0.3) is 0 Å². The van der Waals surface area contributed by atoms with Crippen LogP contribution in [0.15, 0.2) is 18.5 Å². The normalized spacial score (nSPS) is 12.4. The second-order valence-corrected chi connectivity index (χ2v) is 4.21. The zero-order valence-electron chi connectivity index (χ0n) is 11.4. The maximum Gasteiger partial charge on any atom is 0.239 e. The first kappa shape index (κ1) is 14.7. The zero-order chi connectivity index (χ0) is 13.4. The molecule has 0 fully saturated rings. The first-order valence-corrected chi connectivity index (χ1v) is 6.29. The van der Waals surface area contributed by atoms with Crippen LogP contribution in [0, 0.1) is 0 Å². The van der Waals surface area contributed by atoms with Gasteiger partial charge in [-0.3, -0.25) is 4.79 Å². The zero-order valence-corrected chi connectivity index (χ0v) is 11.4. The first-order chi connectivity index (χ1) is 8.71. The first-order valence-electron chi connectivity index (χ1n) is 6.29. The molecule has 1 heterocycles. The Morgan fingerprint density at radius 2 is 2.33 bits per heavy atom. The van der Waals surface area contributed by atoms with Crippen molar-refractivity contribution in [1.29, 1.82) is 0 Å². The van der Waals surface area contributed by atoms with Crippen LogP contribution in [0.3, 0.4) is 0 Å². The van der Waals surface area contributed by atoms with Gasteiger partial charge in [-0.15, -0.1) is 0 Å². The molecule has 1 rings (SSSR count). The topological polar surface area (TPSA) is 55.3 Å². The van der Waals surface area contributed by atoms with Gasteiger partial charge < -0.3 is 19.9 Å². The minimum atomic E-state index is 0.00621. The highest BCUT2D eigenvalue weighted by molar-refractivity contribution is 5.75. The molecule has 0 aromatic carbocycles. The summed E-state index contributed by atoms with van der Waals surface area (Å²) >= 11 is 0. The molecule has 0 bridgehead atoms. The minimum Gasteiger partial charge on any atom is -0.383 e. The molecule has 0 aliphatic rings. The molecule has 2 N–H and O–H groups in total. The Morgan fingerprint density at radius 1 is 1.56 bits per heavy atom. The molecule has 0 radical (unpaired) electrons. The van der Waals surface area contributed by atoms with Crippen LogP contribution in [0.5, 0.6) is 0 Å². The smallest absolute Gasteiger partial charge is 0.239 e. The Balaban J connectivity index is 2.45. The van der Waals surface area contributed by atoms with Gasteiger partial charge in [0.1, 0.15) is 6.54 Å². The number of hydrogen-bond acceptors (Lipinski definition) is 3. The lowest BCUT2D eigenvalue weighted by molar-refractivity contribution is -0.121. The highest BCUT2D eigenvalue weighted by Crippen LogP contribution is 2.15. The number of methoxy groups -OCH3 is 1. The fourth-order valence-corrected chi connectivity index (χ4v) is 1.88. The van der Waals surface area contributed by atoms with E-state index in [0.29, 0.717) is 25.7 Å². The number of hydrogen-bond donors (Lipinski definition) is 2. The molecule has 18 heavy (non-hydrogen) atoms. The van der Waals surface area contributed by atoms with Gasteiger partial charge in [0.05, 0.1) is 6.61 Å². The summed E-state index contributed by atoms with van der Waals surface area (Å²) < 4.78 is 6.78. The van der Waals surface area contributed by atoms with Crippen molar-refractivity contribution in [3.05, 3.63) is 24.0 Å². The summed E-state index contributed by atoms with van der Waals surface area (Å²) in [6, 6.07) is 2.40. The molecule has 1 unspecified atom stereocenters. The Morgan fingerprint density at radius 3 is 2.94 bits per heavy atom. The fourth-order valence-electron chi connectivity index (χ4n) is 1.88. The predicted octanol–water partition coefficient (Wildman–Crippen LogP) is 0.921. The van der Waals surface area contributed by atoms with Crippen molar-refractivity contribution in [2.75, 3.05) is 27.3 Å². The van der Waals surface area contributed by atoms with Crippen LogP contribution in [0.4, 0.5) is 0 Å². The third-order valence-electron chi connectivity index (χ3n) is 2.89. The molecule has 0 aliphatic carbocycles. The summed E-state index contributed by atoms with van der Waals surface area (Å²) in [5.74, 6) is 0.00621. The number of carbonyl (C=O) groups is 1. The van der Waals surface area contributed by atoms with E-state index in [0.717, 1.165) is 6.42 Å². The van der Waals surface area contributed by atoms with E-state index in [-0.39, 0.29) is 5.91 Å². The molecule has 0 spiro atoms. The number of aromatic nitrogens is 1. The van der Waals surface area contributed by atoms with Crippen molar-refractivity contribution >= 4 is 5.91 Å². The molecule has 0 aliphatic heterocycles. The van der Waals surface area contributed by atoms with Crippen LogP contribution >= 0.6 is 0 Å². The van der Waals surface area contributed by atoms with Gasteiger partial charge in [-0.2, -0.15) is 0 Å². The Bertz CT molecular complexity index is 359. The van der Waals surface area contributed by atoms with Crippen LogP contribution in [0.2, 0.25) is 0 Å². The van der Waals surface area contributed by atoms with E-state index in [1.165, 1.54) is 5.56 Å². The molecule has 1 atom stereocenters. The van der Waals surface area contributed by atoms with Gasteiger partial charge in [0.2, 0.25) is 5.91 Å². The highest BCUT2D eigenvalue weighted by atomic mass is 16.5. The van der Waals surface area contributed by atoms with Crippen molar-refractivity contribution in [1.82, 2.24) is 15.2 Å². The number of nitrogens with one attached hydrogen (secondary N) is 2. The molecule has 102 valence electrons. The van der Waals surface area contributed by atoms with Crippen molar-refractivity contribution in [3.8, 4) is 0 Å². The van der Waals surface area contributed by atoms with Crippen LogP contribution < -0.4 is 10.6 Å². The number of carbonyl (C=O) groups excluding carboxylic acids is 1. The van der Waals surface area contributed by atoms with Gasteiger partial charge in [0.15, 0.2) is 0 Å². The highest BCUT2D eigenvalue weighted by Gasteiger charge is 2.09. The van der Waals surface area contributed by atoms with Crippen LogP contribution in [0.1, 0.15) is 24.9 Å². The number of nitrogens with zero attached hydrogens (tertiary/aromatic N) is 1. The molecule has 5 heteroatoms. The minimum absolute atomic E-state index is 0.00621. The van der Waals surface area contributed by atoms with E-state index >= 15 is 0 Å². The molecule has 0 saturated heterocycles. The maximum absolute atomic E-state index is 11.6. The Labute approximate surface area is 109 Å². The van der Waals surface area contributed by atoms with Crippen LogP contribution in [-0.4, -0.2) is 37.8 Å². The summed E-state index contributed by atoms with van der Waals surface area (Å²) in [4.78, 5) is 11.6. The van der Waals surface area contributed by atoms with E-state index in [1.54, 1.807) is 7.11 Å². The fraction of sp³-hybridized carbons (Fsp3) is 0.615. The number of ether oxygens (including phenoxy) is 1. The summed E-state index contributed by atoms with van der Waals surface area (Å²) in [6.07, 6.45) is 4.98. The summed E-state index contributed by atoms with van der Waals surface area (Å²) in [5, 5.41) is 6.04. The Kier molecular flexibility index (Phi) is 6.46. The molecule has 0 saturated carbocycles. The lowest BCUT2D eigenvalue weighted by Crippen LogP contribution is -2.30. The maximum atomic E-state index is 11.6. The quantitative estimate of drug-likeness (QED) is 0.677. The summed E-state index contributed by atoms with van der Waals surface area (Å²) in [7, 11) is 3.57. The van der Waals surface area contributed by atoms with Crippen molar-refractivity contribution in [2.45, 2.75) is 25.9 Å². The van der Waals surface area contributed by atoms with Crippen molar-refractivity contribution in [2.24, 2.45) is 0 Å². The Hall–Kier alpha value is -1.33. The van der Waals surface area contributed by atoms with Gasteiger partial charge in [0.25, 0.3) is 0 Å². The molecule has 1 amide bonds. The molecular formula is C13H23N3O2. The van der Waals surface area contributed by atoms with E-state index in [1.807, 2.05) is 30.1 Å². The third-order valence-corrected chi connectivity index (χ3v) is 2.89. The van der Waals surface area contributed by atoms with E-state index in [9.17, 15) is 4.79 Å². The average molecular weight is 253 g/mol. The van der Waals surface area contributed by atoms with E-state index < -0.39 is 0 Å². The summed E-state index contributed by atoms with van der Waals surface area (Å²) in [5.41, 5.74) is 1.21. The van der Waals surface area contributed by atoms with E-state index in [4.69, 9.17) is 4.74 Å². The molecule has 5 nitrogen and oxygen atoms in total. The average Bonchev–Trinajstić information content (AvgIpc) is 2.79. The monoisotopic (exact) mass is 253 g/mol. The van der Waals surface area contributed by atoms with Gasteiger partial charge in [-0.05, 0) is 25.1 Å². The molecular weight excluding hydrogens is 230 g/mol. The SMILES string of the molecule is CCC(NC)c1ccn(CC(=O)NCCOC)c1. The third kappa shape index (κ3) is 4.50.